The number of carbonyl (C=O) groups is 2. The predicted octanol–water partition coefficient (Wildman–Crippen LogP) is -0.426. The van der Waals surface area contributed by atoms with Gasteiger partial charge in [-0.25, -0.2) is 0 Å². The van der Waals surface area contributed by atoms with Gasteiger partial charge in [-0.2, -0.15) is 0 Å². The smallest absolute Gasteiger partial charge is 0.314 e. The Bertz CT molecular complexity index is 410. The molecular weight excluding hydrogens is 272 g/mol. The highest BCUT2D eigenvalue weighted by Gasteiger charge is 2.09. The summed E-state index contributed by atoms with van der Waals surface area (Å²) < 4.78 is 4.37. The molecule has 0 heterocycles. The van der Waals surface area contributed by atoms with Gasteiger partial charge in [-0.1, -0.05) is 30.3 Å². The summed E-state index contributed by atoms with van der Waals surface area (Å²) in [5.74, 6) is -1.22. The van der Waals surface area contributed by atoms with Crippen LogP contribution in [0.15, 0.2) is 30.3 Å². The molecule has 0 spiro atoms. The van der Waals surface area contributed by atoms with Crippen LogP contribution in [0.3, 0.4) is 0 Å². The molecule has 0 radical (unpaired) electrons. The standard InChI is InChI=1S/C7H15N3O3.C7H9N/c8-4-3-7(12)13-6(11)2-1-5(9)10;8-6-7-4-2-1-3-5-7/h5H,1-4,8-10H2;1-5H,6,8H2. The van der Waals surface area contributed by atoms with Crippen molar-refractivity contribution in [3.8, 4) is 0 Å². The number of benzene rings is 1. The monoisotopic (exact) mass is 296 g/mol. The molecule has 1 rings (SSSR count). The Morgan fingerprint density at radius 3 is 2.00 bits per heavy atom. The van der Waals surface area contributed by atoms with E-state index in [1.807, 2.05) is 30.3 Å². The van der Waals surface area contributed by atoms with Gasteiger partial charge in [-0.3, -0.25) is 9.59 Å². The molecule has 0 atom stereocenters. The van der Waals surface area contributed by atoms with Crippen LogP contribution < -0.4 is 22.9 Å². The zero-order valence-electron chi connectivity index (χ0n) is 12.0. The largest absolute Gasteiger partial charge is 0.393 e. The molecule has 7 nitrogen and oxygen atoms in total. The van der Waals surface area contributed by atoms with Crippen LogP contribution in [0.1, 0.15) is 24.8 Å². The summed E-state index contributed by atoms with van der Waals surface area (Å²) in [4.78, 5) is 21.6. The average Bonchev–Trinajstić information content (AvgIpc) is 2.47. The van der Waals surface area contributed by atoms with E-state index >= 15 is 0 Å². The second-order valence-electron chi connectivity index (χ2n) is 4.28. The zero-order valence-corrected chi connectivity index (χ0v) is 12.0. The number of rotatable bonds is 6. The molecule has 1 aromatic carbocycles. The molecule has 0 saturated carbocycles. The Balaban J connectivity index is 0.000000423. The molecule has 0 saturated heterocycles. The molecule has 0 aliphatic rings. The van der Waals surface area contributed by atoms with Crippen molar-refractivity contribution in [1.82, 2.24) is 0 Å². The highest BCUT2D eigenvalue weighted by molar-refractivity contribution is 5.85. The summed E-state index contributed by atoms with van der Waals surface area (Å²) in [5.41, 5.74) is 22.0. The number of hydrogen-bond donors (Lipinski definition) is 4. The minimum absolute atomic E-state index is 0.0421. The van der Waals surface area contributed by atoms with Crippen LogP contribution in [0.25, 0.3) is 0 Å². The average molecular weight is 296 g/mol. The van der Waals surface area contributed by atoms with E-state index in [2.05, 4.69) is 4.74 Å². The van der Waals surface area contributed by atoms with Gasteiger partial charge in [-0.15, -0.1) is 0 Å². The number of hydrogen-bond acceptors (Lipinski definition) is 7. The second kappa shape index (κ2) is 12.0. The highest BCUT2D eigenvalue weighted by atomic mass is 16.6. The fourth-order valence-electron chi connectivity index (χ4n) is 1.25. The van der Waals surface area contributed by atoms with Crippen LogP contribution in [0.4, 0.5) is 0 Å². The summed E-state index contributed by atoms with van der Waals surface area (Å²) in [6.45, 7) is 0.809. The van der Waals surface area contributed by atoms with Crippen LogP contribution in [-0.2, 0) is 20.9 Å². The number of esters is 2. The van der Waals surface area contributed by atoms with Gasteiger partial charge in [0, 0.05) is 19.5 Å². The highest BCUT2D eigenvalue weighted by Crippen LogP contribution is 1.95. The van der Waals surface area contributed by atoms with E-state index in [1.165, 1.54) is 5.56 Å². The molecule has 1 aromatic rings. The Labute approximate surface area is 124 Å². The van der Waals surface area contributed by atoms with Crippen LogP contribution >= 0.6 is 0 Å². The second-order valence-corrected chi connectivity index (χ2v) is 4.28. The predicted molar refractivity (Wildman–Crippen MR) is 80.5 cm³/mol. The molecule has 7 heteroatoms. The van der Waals surface area contributed by atoms with Gasteiger partial charge < -0.3 is 27.7 Å². The van der Waals surface area contributed by atoms with Crippen LogP contribution in [0.2, 0.25) is 0 Å². The lowest BCUT2D eigenvalue weighted by Gasteiger charge is -2.04. The van der Waals surface area contributed by atoms with E-state index < -0.39 is 18.1 Å². The first-order chi connectivity index (χ1) is 9.99. The lowest BCUT2D eigenvalue weighted by Crippen LogP contribution is -2.31. The normalized spacial score (nSPS) is 9.76. The first-order valence-corrected chi connectivity index (χ1v) is 6.68. The van der Waals surface area contributed by atoms with Crippen molar-refractivity contribution in [2.45, 2.75) is 32.0 Å². The summed E-state index contributed by atoms with van der Waals surface area (Å²) in [6, 6.07) is 9.99. The lowest BCUT2D eigenvalue weighted by molar-refractivity contribution is -0.159. The minimum atomic E-state index is -0.613. The van der Waals surface area contributed by atoms with E-state index in [1.54, 1.807) is 0 Å². The Kier molecular flexibility index (Phi) is 11.0. The van der Waals surface area contributed by atoms with Crippen LogP contribution in [0.5, 0.6) is 0 Å². The Morgan fingerprint density at radius 1 is 1.00 bits per heavy atom. The number of nitrogens with two attached hydrogens (primary N) is 4. The third-order valence-electron chi connectivity index (χ3n) is 2.34. The van der Waals surface area contributed by atoms with E-state index in [-0.39, 0.29) is 19.4 Å². The molecule has 0 aliphatic heterocycles. The number of carbonyl (C=O) groups excluding carboxylic acids is 2. The van der Waals surface area contributed by atoms with Crippen LogP contribution in [-0.4, -0.2) is 24.6 Å². The maximum absolute atomic E-state index is 10.8. The minimum Gasteiger partial charge on any atom is -0.393 e. The summed E-state index contributed by atoms with van der Waals surface area (Å²) in [6.07, 6.45) is -0.166. The molecule has 118 valence electrons. The third-order valence-corrected chi connectivity index (χ3v) is 2.34. The lowest BCUT2D eigenvalue weighted by atomic mass is 10.2. The molecule has 0 fully saturated rings. The van der Waals surface area contributed by atoms with Gasteiger partial charge in [0.1, 0.15) is 0 Å². The quantitative estimate of drug-likeness (QED) is 0.316. The van der Waals surface area contributed by atoms with Crippen molar-refractivity contribution in [2.75, 3.05) is 6.54 Å². The van der Waals surface area contributed by atoms with E-state index in [0.29, 0.717) is 13.0 Å². The molecule has 0 unspecified atom stereocenters. The van der Waals surface area contributed by atoms with Gasteiger partial charge >= 0.3 is 11.9 Å². The number of ether oxygens (including phenoxy) is 1. The maximum Gasteiger partial charge on any atom is 0.314 e. The van der Waals surface area contributed by atoms with Crippen LogP contribution in [0, 0.1) is 0 Å². The Hall–Kier alpha value is -1.80. The molecule has 0 aliphatic carbocycles. The van der Waals surface area contributed by atoms with Crippen molar-refractivity contribution >= 4 is 11.9 Å². The Morgan fingerprint density at radius 2 is 1.57 bits per heavy atom. The fourth-order valence-corrected chi connectivity index (χ4v) is 1.25. The molecule has 0 amide bonds. The first kappa shape index (κ1) is 19.2. The topological polar surface area (TPSA) is 147 Å². The SMILES string of the molecule is NCCC(=O)OC(=O)CCC(N)N.NCc1ccccc1. The molecular formula is C14H24N4O3. The van der Waals surface area contributed by atoms with E-state index in [0.717, 1.165) is 0 Å². The zero-order chi connectivity index (χ0) is 16.1. The fraction of sp³-hybridized carbons (Fsp3) is 0.429. The summed E-state index contributed by atoms with van der Waals surface area (Å²) >= 11 is 0. The molecule has 21 heavy (non-hydrogen) atoms. The maximum atomic E-state index is 10.8. The van der Waals surface area contributed by atoms with E-state index in [9.17, 15) is 9.59 Å². The van der Waals surface area contributed by atoms with Gasteiger partial charge in [0.15, 0.2) is 0 Å². The van der Waals surface area contributed by atoms with E-state index in [4.69, 9.17) is 22.9 Å². The molecule has 0 bridgehead atoms. The van der Waals surface area contributed by atoms with Crippen molar-refractivity contribution in [3.05, 3.63) is 35.9 Å². The van der Waals surface area contributed by atoms with Gasteiger partial charge in [0.2, 0.25) is 0 Å². The van der Waals surface area contributed by atoms with Gasteiger partial charge in [-0.05, 0) is 12.0 Å². The van der Waals surface area contributed by atoms with Gasteiger partial charge in [0.05, 0.1) is 12.6 Å². The van der Waals surface area contributed by atoms with Crippen molar-refractivity contribution < 1.29 is 14.3 Å². The van der Waals surface area contributed by atoms with Gasteiger partial charge in [0.25, 0.3) is 0 Å². The summed E-state index contributed by atoms with van der Waals surface area (Å²) in [5, 5.41) is 0. The van der Waals surface area contributed by atoms with Crippen molar-refractivity contribution in [2.24, 2.45) is 22.9 Å². The third kappa shape index (κ3) is 11.7. The molecule has 8 N–H and O–H groups in total. The van der Waals surface area contributed by atoms with Crippen molar-refractivity contribution in [3.63, 3.8) is 0 Å². The first-order valence-electron chi connectivity index (χ1n) is 6.68. The summed E-state index contributed by atoms with van der Waals surface area (Å²) in [7, 11) is 0. The van der Waals surface area contributed by atoms with Crippen molar-refractivity contribution in [1.29, 1.82) is 0 Å². The molecule has 0 aromatic heterocycles.